The molecule has 2 rings (SSSR count). The third-order valence-corrected chi connectivity index (χ3v) is 5.56. The Kier molecular flexibility index (Phi) is 10.6. The molecule has 4 unspecified atom stereocenters. The van der Waals surface area contributed by atoms with E-state index in [1.54, 1.807) is 6.20 Å². The van der Waals surface area contributed by atoms with Crippen LogP contribution in [-0.2, 0) is 25.6 Å². The first-order valence-electron chi connectivity index (χ1n) is 11.4. The van der Waals surface area contributed by atoms with Crippen LogP contribution in [0, 0.1) is 0 Å². The van der Waals surface area contributed by atoms with Gasteiger partial charge in [-0.25, -0.2) is 4.79 Å². The molecule has 0 saturated heterocycles. The lowest BCUT2D eigenvalue weighted by atomic mass is 10.0. The minimum atomic E-state index is -1.45. The Morgan fingerprint density at radius 2 is 1.71 bits per heavy atom. The summed E-state index contributed by atoms with van der Waals surface area (Å²) in [5.74, 6) is -3.40. The molecule has 192 valence electrons. The smallest absolute Gasteiger partial charge is 0.326 e. The molecule has 0 saturated carbocycles. The number of nitrogens with one attached hydrogen (secondary N) is 4. The second-order valence-electron chi connectivity index (χ2n) is 8.30. The van der Waals surface area contributed by atoms with Crippen LogP contribution in [-0.4, -0.2) is 76.2 Å². The van der Waals surface area contributed by atoms with E-state index in [1.165, 1.54) is 6.92 Å². The number of benzene rings is 1. The Morgan fingerprint density at radius 3 is 2.34 bits per heavy atom. The largest absolute Gasteiger partial charge is 0.480 e. The second-order valence-corrected chi connectivity index (χ2v) is 8.30. The topological polar surface area (TPSA) is 213 Å². The average molecular weight is 491 g/mol. The highest BCUT2D eigenvalue weighted by Gasteiger charge is 2.32. The molecule has 0 fully saturated rings. The normalized spacial score (nSPS) is 14.5. The summed E-state index contributed by atoms with van der Waals surface area (Å²) in [5, 5.41) is 27.8. The molecule has 0 spiro atoms. The predicted octanol–water partition coefficient (Wildman–Crippen LogP) is -1.28. The van der Waals surface area contributed by atoms with Gasteiger partial charge in [0.2, 0.25) is 17.7 Å². The molecule has 1 heterocycles. The Morgan fingerprint density at radius 1 is 1.00 bits per heavy atom. The molecule has 2 aromatic rings. The number of aliphatic carboxylic acids is 1. The van der Waals surface area contributed by atoms with Crippen LogP contribution in [0.3, 0.4) is 0 Å². The van der Waals surface area contributed by atoms with E-state index in [9.17, 15) is 29.4 Å². The maximum Gasteiger partial charge on any atom is 0.326 e. The fourth-order valence-electron chi connectivity index (χ4n) is 3.65. The van der Waals surface area contributed by atoms with Crippen LogP contribution in [0.4, 0.5) is 0 Å². The van der Waals surface area contributed by atoms with Gasteiger partial charge in [-0.1, -0.05) is 18.2 Å². The highest BCUT2D eigenvalue weighted by atomic mass is 16.4. The number of para-hydroxylation sites is 1. The highest BCUT2D eigenvalue weighted by molar-refractivity contribution is 5.94. The number of rotatable bonds is 14. The summed E-state index contributed by atoms with van der Waals surface area (Å²) < 4.78 is 0. The minimum Gasteiger partial charge on any atom is -0.480 e. The number of hydrogen-bond acceptors (Lipinski definition) is 7. The van der Waals surface area contributed by atoms with Gasteiger partial charge in [0.15, 0.2) is 0 Å². The van der Waals surface area contributed by atoms with Crippen LogP contribution in [0.25, 0.3) is 10.9 Å². The molecule has 1 aromatic heterocycles. The number of nitrogens with two attached hydrogens (primary N) is 2. The number of aliphatic hydroxyl groups is 1. The van der Waals surface area contributed by atoms with Crippen molar-refractivity contribution in [3.05, 3.63) is 36.0 Å². The number of H-pyrrole nitrogens is 1. The third-order valence-electron chi connectivity index (χ3n) is 5.56. The summed E-state index contributed by atoms with van der Waals surface area (Å²) in [6.07, 6.45) is 1.69. The molecule has 0 aliphatic heterocycles. The first-order valence-corrected chi connectivity index (χ1v) is 11.4. The molecule has 0 aliphatic carbocycles. The molecule has 4 atom stereocenters. The van der Waals surface area contributed by atoms with E-state index in [2.05, 4.69) is 20.9 Å². The van der Waals surface area contributed by atoms with Crippen molar-refractivity contribution < 1.29 is 29.4 Å². The lowest BCUT2D eigenvalue weighted by Crippen LogP contribution is -2.59. The van der Waals surface area contributed by atoms with E-state index < -0.39 is 47.9 Å². The Labute approximate surface area is 202 Å². The van der Waals surface area contributed by atoms with Crippen molar-refractivity contribution >= 4 is 34.6 Å². The lowest BCUT2D eigenvalue weighted by Gasteiger charge is -2.26. The standard InChI is InChI=1S/C23H34N6O6/c1-13(30)20(22(33)28-17(23(34)35)8-4-5-9-24)29-21(32)18(27-19(31)11-25)10-14-12-26-16-7-3-2-6-15(14)16/h2-3,6-7,12-13,17-18,20,26,30H,4-5,8-11,24-25H2,1H3,(H,27,31)(H,28,33)(H,29,32)(H,34,35). The molecule has 12 nitrogen and oxygen atoms in total. The predicted molar refractivity (Wildman–Crippen MR) is 129 cm³/mol. The van der Waals surface area contributed by atoms with Gasteiger partial charge >= 0.3 is 5.97 Å². The van der Waals surface area contributed by atoms with Gasteiger partial charge in [-0.2, -0.15) is 0 Å². The minimum absolute atomic E-state index is 0.0899. The summed E-state index contributed by atoms with van der Waals surface area (Å²) in [6.45, 7) is 1.34. The number of fused-ring (bicyclic) bond motifs is 1. The molecule has 10 N–H and O–H groups in total. The zero-order valence-corrected chi connectivity index (χ0v) is 19.6. The quantitative estimate of drug-likeness (QED) is 0.149. The second kappa shape index (κ2) is 13.4. The van der Waals surface area contributed by atoms with Crippen molar-refractivity contribution in [3.8, 4) is 0 Å². The van der Waals surface area contributed by atoms with E-state index in [0.717, 1.165) is 16.5 Å². The molecule has 12 heteroatoms. The van der Waals surface area contributed by atoms with Gasteiger partial charge in [0.25, 0.3) is 0 Å². The Hall–Kier alpha value is -3.48. The maximum atomic E-state index is 13.1. The number of amides is 3. The van der Waals surface area contributed by atoms with Gasteiger partial charge in [-0.05, 0) is 44.4 Å². The molecule has 0 bridgehead atoms. The molecule has 35 heavy (non-hydrogen) atoms. The van der Waals surface area contributed by atoms with E-state index in [4.69, 9.17) is 11.5 Å². The van der Waals surface area contributed by atoms with Crippen molar-refractivity contribution in [2.75, 3.05) is 13.1 Å². The molecule has 0 aliphatic rings. The van der Waals surface area contributed by atoms with E-state index in [0.29, 0.717) is 19.4 Å². The highest BCUT2D eigenvalue weighted by Crippen LogP contribution is 2.19. The van der Waals surface area contributed by atoms with Crippen LogP contribution < -0.4 is 27.4 Å². The average Bonchev–Trinajstić information content (AvgIpc) is 3.23. The molecule has 3 amide bonds. The zero-order chi connectivity index (χ0) is 26.0. The van der Waals surface area contributed by atoms with Gasteiger partial charge < -0.3 is 42.6 Å². The monoisotopic (exact) mass is 490 g/mol. The van der Waals surface area contributed by atoms with Crippen molar-refractivity contribution in [3.63, 3.8) is 0 Å². The van der Waals surface area contributed by atoms with Gasteiger partial charge in [-0.3, -0.25) is 14.4 Å². The van der Waals surface area contributed by atoms with E-state index >= 15 is 0 Å². The van der Waals surface area contributed by atoms with E-state index in [-0.39, 0.29) is 19.4 Å². The van der Waals surface area contributed by atoms with Gasteiger partial charge in [-0.15, -0.1) is 0 Å². The number of aliphatic hydroxyl groups excluding tert-OH is 1. The van der Waals surface area contributed by atoms with Crippen LogP contribution in [0.2, 0.25) is 0 Å². The van der Waals surface area contributed by atoms with Crippen molar-refractivity contribution in [1.29, 1.82) is 0 Å². The van der Waals surface area contributed by atoms with Crippen LogP contribution in [0.15, 0.2) is 30.5 Å². The Bertz CT molecular complexity index is 1020. The number of aromatic amines is 1. The van der Waals surface area contributed by atoms with Gasteiger partial charge in [0, 0.05) is 23.5 Å². The number of aromatic nitrogens is 1. The number of carbonyl (C=O) groups is 4. The number of hydrogen-bond donors (Lipinski definition) is 8. The van der Waals surface area contributed by atoms with Crippen LogP contribution in [0.1, 0.15) is 31.7 Å². The first-order chi connectivity index (χ1) is 16.7. The summed E-state index contributed by atoms with van der Waals surface area (Å²) in [6, 6.07) is 3.68. The van der Waals surface area contributed by atoms with Crippen molar-refractivity contribution in [2.24, 2.45) is 11.5 Å². The lowest BCUT2D eigenvalue weighted by molar-refractivity contribution is -0.143. The molecule has 0 radical (unpaired) electrons. The summed E-state index contributed by atoms with van der Waals surface area (Å²) >= 11 is 0. The fraction of sp³-hybridized carbons (Fsp3) is 0.478. The summed E-state index contributed by atoms with van der Waals surface area (Å²) in [7, 11) is 0. The van der Waals surface area contributed by atoms with Crippen LogP contribution >= 0.6 is 0 Å². The van der Waals surface area contributed by atoms with Gasteiger partial charge in [0.1, 0.15) is 18.1 Å². The fourth-order valence-corrected chi connectivity index (χ4v) is 3.65. The molecular formula is C23H34N6O6. The number of carboxylic acid groups (broad SMARTS) is 1. The zero-order valence-electron chi connectivity index (χ0n) is 19.6. The first kappa shape index (κ1) is 27.8. The molecule has 1 aromatic carbocycles. The van der Waals surface area contributed by atoms with Crippen molar-refractivity contribution in [1.82, 2.24) is 20.9 Å². The number of unbranched alkanes of at least 4 members (excludes halogenated alkanes) is 1. The Balaban J connectivity index is 2.18. The summed E-state index contributed by atoms with van der Waals surface area (Å²) in [5.41, 5.74) is 12.4. The SMILES string of the molecule is CC(O)C(NC(=O)C(Cc1c[nH]c2ccccc12)NC(=O)CN)C(=O)NC(CCCCN)C(=O)O. The maximum absolute atomic E-state index is 13.1. The van der Waals surface area contributed by atoms with Crippen molar-refractivity contribution in [2.45, 2.75) is 56.8 Å². The number of carboxylic acids is 1. The van der Waals surface area contributed by atoms with Gasteiger partial charge in [0.05, 0.1) is 12.6 Å². The number of carbonyl (C=O) groups excluding carboxylic acids is 3. The third kappa shape index (κ3) is 8.05. The molecular weight excluding hydrogens is 456 g/mol. The van der Waals surface area contributed by atoms with Crippen LogP contribution in [0.5, 0.6) is 0 Å². The summed E-state index contributed by atoms with van der Waals surface area (Å²) in [4.78, 5) is 52.5. The van der Waals surface area contributed by atoms with E-state index in [1.807, 2.05) is 24.3 Å².